The van der Waals surface area contributed by atoms with Gasteiger partial charge in [-0.15, -0.1) is 0 Å². The van der Waals surface area contributed by atoms with Crippen LogP contribution in [-0.2, 0) is 4.79 Å². The molecule has 7 heteroatoms. The lowest BCUT2D eigenvalue weighted by atomic mass is 10.0. The van der Waals surface area contributed by atoms with Crippen LogP contribution < -0.4 is 14.8 Å². The molecule has 0 radical (unpaired) electrons. The Morgan fingerprint density at radius 3 is 2.70 bits per heavy atom. The summed E-state index contributed by atoms with van der Waals surface area (Å²) in [6.07, 6.45) is 0. The molecule has 1 aliphatic heterocycles. The number of nitrogens with one attached hydrogen (secondary N) is 1. The molecular weight excluding hydrogens is 330 g/mol. The van der Waals surface area contributed by atoms with Crippen LogP contribution >= 0.6 is 15.9 Å². The minimum atomic E-state index is -0.954. The molecule has 2 unspecified atom stereocenters. The summed E-state index contributed by atoms with van der Waals surface area (Å²) >= 11 is 3.31. The highest BCUT2D eigenvalue weighted by Crippen LogP contribution is 2.39. The predicted molar refractivity (Wildman–Crippen MR) is 74.0 cm³/mol. The van der Waals surface area contributed by atoms with Crippen molar-refractivity contribution in [3.05, 3.63) is 22.2 Å². The first kappa shape index (κ1) is 14.6. The van der Waals surface area contributed by atoms with E-state index < -0.39 is 17.9 Å². The average molecular weight is 344 g/mol. The quantitative estimate of drug-likeness (QED) is 0.873. The van der Waals surface area contributed by atoms with Crippen LogP contribution in [0.25, 0.3) is 0 Å². The number of benzene rings is 1. The normalized spacial score (nSPS) is 15.6. The standard InChI is InChI=1S/C13H14BrNO5/c1-6(13(17)18)7(2)15-12(16)8-3-9(14)11-10(4-8)19-5-20-11/h3-4,6-7H,5H2,1-2H3,(H,15,16)(H,17,18). The Hall–Kier alpha value is -1.76. The molecule has 1 aromatic rings. The van der Waals surface area contributed by atoms with E-state index in [0.29, 0.717) is 21.5 Å². The molecule has 1 aliphatic rings. The van der Waals surface area contributed by atoms with Crippen LogP contribution in [0.3, 0.4) is 0 Å². The summed E-state index contributed by atoms with van der Waals surface area (Å²) in [5.41, 5.74) is 0.380. The molecule has 0 saturated heterocycles. The fourth-order valence-electron chi connectivity index (χ4n) is 1.73. The molecule has 20 heavy (non-hydrogen) atoms. The fraction of sp³-hybridized carbons (Fsp3) is 0.385. The zero-order valence-corrected chi connectivity index (χ0v) is 12.6. The number of hydrogen-bond donors (Lipinski definition) is 2. The summed E-state index contributed by atoms with van der Waals surface area (Å²) in [5, 5.41) is 11.6. The van der Waals surface area contributed by atoms with E-state index in [2.05, 4.69) is 21.2 Å². The van der Waals surface area contributed by atoms with Crippen molar-refractivity contribution in [1.29, 1.82) is 0 Å². The molecule has 0 fully saturated rings. The van der Waals surface area contributed by atoms with Crippen molar-refractivity contribution in [2.75, 3.05) is 6.79 Å². The van der Waals surface area contributed by atoms with Crippen LogP contribution in [0.5, 0.6) is 11.5 Å². The van der Waals surface area contributed by atoms with Gasteiger partial charge in [0.05, 0.1) is 10.4 Å². The SMILES string of the molecule is CC(NC(=O)c1cc(Br)c2c(c1)OCO2)C(C)C(=O)O. The van der Waals surface area contributed by atoms with Crippen molar-refractivity contribution < 1.29 is 24.2 Å². The third-order valence-electron chi connectivity index (χ3n) is 3.19. The van der Waals surface area contributed by atoms with Gasteiger partial charge in [-0.2, -0.15) is 0 Å². The van der Waals surface area contributed by atoms with Gasteiger partial charge in [-0.25, -0.2) is 0 Å². The lowest BCUT2D eigenvalue weighted by Gasteiger charge is -2.18. The monoisotopic (exact) mass is 343 g/mol. The van der Waals surface area contributed by atoms with Gasteiger partial charge in [-0.1, -0.05) is 0 Å². The van der Waals surface area contributed by atoms with E-state index in [0.717, 1.165) is 0 Å². The van der Waals surface area contributed by atoms with Gasteiger partial charge in [-0.3, -0.25) is 9.59 Å². The number of aliphatic carboxylic acids is 1. The number of carboxylic acid groups (broad SMARTS) is 1. The molecule has 0 spiro atoms. The summed E-state index contributed by atoms with van der Waals surface area (Å²) < 4.78 is 11.1. The van der Waals surface area contributed by atoms with E-state index in [1.54, 1.807) is 26.0 Å². The number of carbonyl (C=O) groups excluding carboxylic acids is 1. The fourth-order valence-corrected chi connectivity index (χ4v) is 2.28. The highest BCUT2D eigenvalue weighted by molar-refractivity contribution is 9.10. The average Bonchev–Trinajstić information content (AvgIpc) is 2.86. The minimum Gasteiger partial charge on any atom is -0.481 e. The first-order valence-corrected chi connectivity index (χ1v) is 6.82. The van der Waals surface area contributed by atoms with Crippen molar-refractivity contribution in [2.24, 2.45) is 5.92 Å². The van der Waals surface area contributed by atoms with Gasteiger partial charge >= 0.3 is 5.97 Å². The van der Waals surface area contributed by atoms with Crippen LogP contribution in [0, 0.1) is 5.92 Å². The molecule has 2 N–H and O–H groups in total. The lowest BCUT2D eigenvalue weighted by molar-refractivity contribution is -0.141. The second-order valence-corrected chi connectivity index (χ2v) is 5.44. The Morgan fingerprint density at radius 2 is 2.05 bits per heavy atom. The summed E-state index contributed by atoms with van der Waals surface area (Å²) in [4.78, 5) is 23.0. The predicted octanol–water partition coefficient (Wildman–Crippen LogP) is 2.02. The van der Waals surface area contributed by atoms with Crippen molar-refractivity contribution in [3.8, 4) is 11.5 Å². The lowest BCUT2D eigenvalue weighted by Crippen LogP contribution is -2.40. The number of ether oxygens (including phenoxy) is 2. The summed E-state index contributed by atoms with van der Waals surface area (Å²) in [5.74, 6) is -0.928. The topological polar surface area (TPSA) is 84.9 Å². The molecule has 0 aliphatic carbocycles. The molecule has 1 aromatic carbocycles. The van der Waals surface area contributed by atoms with E-state index in [1.807, 2.05) is 0 Å². The number of halogens is 1. The van der Waals surface area contributed by atoms with E-state index in [4.69, 9.17) is 14.6 Å². The van der Waals surface area contributed by atoms with Crippen LogP contribution in [-0.4, -0.2) is 29.8 Å². The molecule has 0 bridgehead atoms. The first-order chi connectivity index (χ1) is 9.40. The zero-order valence-electron chi connectivity index (χ0n) is 11.0. The van der Waals surface area contributed by atoms with Crippen LogP contribution in [0.1, 0.15) is 24.2 Å². The Morgan fingerprint density at radius 1 is 1.35 bits per heavy atom. The van der Waals surface area contributed by atoms with Gasteiger partial charge in [0.1, 0.15) is 0 Å². The Kier molecular flexibility index (Phi) is 4.17. The minimum absolute atomic E-state index is 0.117. The summed E-state index contributed by atoms with van der Waals surface area (Å²) in [7, 11) is 0. The number of rotatable bonds is 4. The van der Waals surface area contributed by atoms with E-state index in [1.165, 1.54) is 0 Å². The number of fused-ring (bicyclic) bond motifs is 1. The zero-order chi connectivity index (χ0) is 14.9. The van der Waals surface area contributed by atoms with Gasteiger partial charge in [0.25, 0.3) is 5.91 Å². The smallest absolute Gasteiger partial charge is 0.308 e. The number of hydrogen-bond acceptors (Lipinski definition) is 4. The van der Waals surface area contributed by atoms with E-state index >= 15 is 0 Å². The Labute approximate surface area is 124 Å². The molecule has 0 saturated carbocycles. The second kappa shape index (κ2) is 5.70. The number of carboxylic acids is 1. The van der Waals surface area contributed by atoms with Gasteiger partial charge in [-0.05, 0) is 41.9 Å². The maximum Gasteiger partial charge on any atom is 0.308 e. The van der Waals surface area contributed by atoms with Gasteiger partial charge in [0.2, 0.25) is 6.79 Å². The van der Waals surface area contributed by atoms with Crippen molar-refractivity contribution in [2.45, 2.75) is 19.9 Å². The third kappa shape index (κ3) is 2.87. The van der Waals surface area contributed by atoms with Crippen molar-refractivity contribution in [1.82, 2.24) is 5.32 Å². The first-order valence-electron chi connectivity index (χ1n) is 6.03. The molecular formula is C13H14BrNO5. The molecule has 2 rings (SSSR count). The van der Waals surface area contributed by atoms with Gasteiger partial charge in [0.15, 0.2) is 11.5 Å². The Bertz CT molecular complexity index is 560. The molecule has 1 amide bonds. The highest BCUT2D eigenvalue weighted by Gasteiger charge is 2.24. The van der Waals surface area contributed by atoms with E-state index in [9.17, 15) is 9.59 Å². The summed E-state index contributed by atoms with van der Waals surface area (Å²) in [6.45, 7) is 3.31. The van der Waals surface area contributed by atoms with Crippen LogP contribution in [0.4, 0.5) is 0 Å². The maximum absolute atomic E-state index is 12.1. The molecule has 1 heterocycles. The summed E-state index contributed by atoms with van der Waals surface area (Å²) in [6, 6.07) is 2.70. The van der Waals surface area contributed by atoms with Crippen molar-refractivity contribution in [3.63, 3.8) is 0 Å². The number of amides is 1. The molecule has 6 nitrogen and oxygen atoms in total. The molecule has 108 valence electrons. The number of carbonyl (C=O) groups is 2. The second-order valence-electron chi connectivity index (χ2n) is 4.58. The molecule has 2 atom stereocenters. The largest absolute Gasteiger partial charge is 0.481 e. The maximum atomic E-state index is 12.1. The van der Waals surface area contributed by atoms with Crippen molar-refractivity contribution >= 4 is 27.8 Å². The van der Waals surface area contributed by atoms with E-state index in [-0.39, 0.29) is 12.7 Å². The highest BCUT2D eigenvalue weighted by atomic mass is 79.9. The Balaban J connectivity index is 2.14. The third-order valence-corrected chi connectivity index (χ3v) is 3.78. The van der Waals surface area contributed by atoms with Gasteiger partial charge in [0, 0.05) is 11.6 Å². The molecule has 0 aromatic heterocycles. The van der Waals surface area contributed by atoms with Crippen LogP contribution in [0.15, 0.2) is 16.6 Å². The van der Waals surface area contributed by atoms with Crippen LogP contribution in [0.2, 0.25) is 0 Å². The van der Waals surface area contributed by atoms with Gasteiger partial charge < -0.3 is 19.9 Å².